The predicted octanol–water partition coefficient (Wildman–Crippen LogP) is 19.2. The van der Waals surface area contributed by atoms with Crippen molar-refractivity contribution in [3.8, 4) is 6.07 Å². The molecule has 15 nitrogen and oxygen atoms in total. The first-order valence-corrected chi connectivity index (χ1v) is 32.6. The van der Waals surface area contributed by atoms with E-state index in [2.05, 4.69) is 15.8 Å². The zero-order chi connectivity index (χ0) is 69.5. The van der Waals surface area contributed by atoms with E-state index < -0.39 is 84.5 Å². The summed E-state index contributed by atoms with van der Waals surface area (Å²) in [4.78, 5) is 122. The molecule has 0 unspecified atom stereocenters. The molecule has 14 rings (SSSR count). The highest BCUT2D eigenvalue weighted by Gasteiger charge is 2.52. The Morgan fingerprint density at radius 3 is 1.03 bits per heavy atom. The van der Waals surface area contributed by atoms with Gasteiger partial charge in [0, 0.05) is 78.0 Å². The first-order valence-electron chi connectivity index (χ1n) is 32.6. The number of carbonyl (C=O) groups is 8. The number of unbranched alkanes of at least 4 members (excludes halogenated alkanes) is 4. The maximum Gasteiger partial charge on any atom is 0.409 e. The molecule has 21 heteroatoms. The summed E-state index contributed by atoms with van der Waals surface area (Å²) in [5.74, 6) is -6.12. The Morgan fingerprint density at radius 2 is 0.684 bits per heavy atom. The highest BCUT2D eigenvalue weighted by Crippen LogP contribution is 2.54. The van der Waals surface area contributed by atoms with Gasteiger partial charge in [0.1, 0.15) is 12.1 Å². The number of hydrogen-bond acceptors (Lipinski definition) is 9. The third-order valence-corrected chi connectivity index (χ3v) is 20.2. The Kier molecular flexibility index (Phi) is 16.8. The Bertz CT molecular complexity index is 5360. The fraction of sp³-hybridized carbons (Fsp3) is 0.338. The van der Waals surface area contributed by atoms with Gasteiger partial charge in [-0.3, -0.25) is 58.0 Å². The normalized spacial score (nSPS) is 15.9. The lowest BCUT2D eigenvalue weighted by Crippen LogP contribution is -2.53. The zero-order valence-corrected chi connectivity index (χ0v) is 53.9. The number of alkyl halides is 6. The Hall–Kier alpha value is -10.6. The van der Waals surface area contributed by atoms with E-state index in [4.69, 9.17) is 13.1 Å². The van der Waals surface area contributed by atoms with E-state index in [1.165, 1.54) is 52.3 Å². The topological polar surface area (TPSA) is 182 Å². The van der Waals surface area contributed by atoms with Crippen molar-refractivity contribution in [2.45, 2.75) is 169 Å². The summed E-state index contributed by atoms with van der Waals surface area (Å²) in [6, 6.07) is 15.0. The summed E-state index contributed by atoms with van der Waals surface area (Å²) in [6.45, 7) is 29.2. The fourth-order valence-electron chi connectivity index (χ4n) is 15.7. The summed E-state index contributed by atoms with van der Waals surface area (Å²) in [5.41, 5.74) is 1.51. The van der Waals surface area contributed by atoms with Crippen molar-refractivity contribution < 1.29 is 64.7 Å². The van der Waals surface area contributed by atoms with Crippen LogP contribution in [0.1, 0.15) is 220 Å². The quantitative estimate of drug-likeness (QED) is 0.0299. The van der Waals surface area contributed by atoms with Crippen molar-refractivity contribution >= 4 is 145 Å². The molecule has 98 heavy (non-hydrogen) atoms. The number of amides is 8. The highest BCUT2D eigenvalue weighted by atomic mass is 19.4. The zero-order valence-electron chi connectivity index (χ0n) is 53.9. The third-order valence-electron chi connectivity index (χ3n) is 20.2. The monoisotopic (exact) mass is 1330 g/mol. The highest BCUT2D eigenvalue weighted by molar-refractivity contribution is 6.45. The van der Waals surface area contributed by atoms with E-state index in [1.54, 1.807) is 51.1 Å². The predicted molar refractivity (Wildman–Crippen MR) is 363 cm³/mol. The molecule has 4 aliphatic rings. The van der Waals surface area contributed by atoms with Crippen LogP contribution < -0.4 is 0 Å². The summed E-state index contributed by atoms with van der Waals surface area (Å²) < 4.78 is 86.1. The van der Waals surface area contributed by atoms with Crippen molar-refractivity contribution in [1.82, 2.24) is 19.6 Å². The van der Waals surface area contributed by atoms with E-state index in [0.717, 1.165) is 25.7 Å². The van der Waals surface area contributed by atoms with Gasteiger partial charge in [0.05, 0.1) is 30.3 Å². The molecule has 10 aromatic carbocycles. The number of fused-ring (bicyclic) bond motifs is 4. The summed E-state index contributed by atoms with van der Waals surface area (Å²) in [5, 5.41) is 17.0. The number of halogens is 6. The van der Waals surface area contributed by atoms with Crippen LogP contribution in [0.4, 0.5) is 37.7 Å². The summed E-state index contributed by atoms with van der Waals surface area (Å²) in [6.07, 6.45) is -4.63. The van der Waals surface area contributed by atoms with E-state index in [-0.39, 0.29) is 109 Å². The molecule has 0 saturated heterocycles. The molecule has 4 atom stereocenters. The van der Waals surface area contributed by atoms with Crippen molar-refractivity contribution in [2.75, 3.05) is 0 Å². The molecule has 0 saturated carbocycles. The lowest BCUT2D eigenvalue weighted by molar-refractivity contribution is -0.173. The minimum Gasteiger partial charge on any atom is -0.272 e. The fourth-order valence-corrected chi connectivity index (χ4v) is 15.7. The van der Waals surface area contributed by atoms with Gasteiger partial charge in [-0.25, -0.2) is 9.69 Å². The van der Waals surface area contributed by atoms with Crippen LogP contribution in [0.15, 0.2) is 72.8 Å². The number of nitriles is 1. The molecular weight excluding hydrogens is 1260 g/mol. The van der Waals surface area contributed by atoms with Gasteiger partial charge in [-0.05, 0) is 160 Å². The Morgan fingerprint density at radius 1 is 0.398 bits per heavy atom. The Labute approximate surface area is 558 Å². The van der Waals surface area contributed by atoms with E-state index >= 15 is 0 Å². The van der Waals surface area contributed by atoms with E-state index in [0.29, 0.717) is 112 Å². The average Bonchev–Trinajstić information content (AvgIpc) is 0.687. The lowest BCUT2D eigenvalue weighted by Gasteiger charge is -2.36. The number of hydrogen-bond donors (Lipinski definition) is 0. The number of aryl methyl sites for hydroxylation is 1. The first-order chi connectivity index (χ1) is 46.3. The van der Waals surface area contributed by atoms with Crippen LogP contribution in [0.3, 0.4) is 0 Å². The van der Waals surface area contributed by atoms with Gasteiger partial charge in [-0.1, -0.05) is 111 Å². The molecule has 0 fully saturated rings. The van der Waals surface area contributed by atoms with Crippen LogP contribution in [-0.2, 0) is 0 Å². The molecular formula is C77H65F6N7O8. The Balaban J connectivity index is 0.000000185. The molecule has 4 aliphatic heterocycles. The largest absolute Gasteiger partial charge is 0.409 e. The molecule has 10 aromatic rings. The summed E-state index contributed by atoms with van der Waals surface area (Å²) in [7, 11) is 0. The number of carbonyl (C=O) groups excluding carboxylic acids is 8. The van der Waals surface area contributed by atoms with Crippen LogP contribution in [-0.4, -0.2) is 103 Å². The van der Waals surface area contributed by atoms with Gasteiger partial charge in [0.25, 0.3) is 47.3 Å². The van der Waals surface area contributed by atoms with Crippen molar-refractivity contribution in [1.29, 1.82) is 5.26 Å². The van der Waals surface area contributed by atoms with Gasteiger partial charge in [-0.2, -0.15) is 31.6 Å². The van der Waals surface area contributed by atoms with Crippen LogP contribution >= 0.6 is 0 Å². The molecule has 0 N–H and O–H groups in total. The molecule has 0 spiro atoms. The van der Waals surface area contributed by atoms with E-state index in [1.807, 2.05) is 27.7 Å². The van der Waals surface area contributed by atoms with Crippen molar-refractivity contribution in [3.63, 3.8) is 0 Å². The van der Waals surface area contributed by atoms with Crippen LogP contribution in [0.5, 0.6) is 0 Å². The van der Waals surface area contributed by atoms with Crippen LogP contribution in [0.25, 0.3) is 95.9 Å². The maximum absolute atomic E-state index is 14.4. The van der Waals surface area contributed by atoms with Crippen LogP contribution in [0.2, 0.25) is 0 Å². The van der Waals surface area contributed by atoms with Crippen molar-refractivity contribution in [3.05, 3.63) is 151 Å². The van der Waals surface area contributed by atoms with Crippen LogP contribution in [0, 0.1) is 31.4 Å². The molecule has 4 heterocycles. The summed E-state index contributed by atoms with van der Waals surface area (Å²) >= 11 is 0. The van der Waals surface area contributed by atoms with Gasteiger partial charge in [0.15, 0.2) is 11.4 Å². The van der Waals surface area contributed by atoms with Gasteiger partial charge in [-0.15, -0.1) is 0 Å². The first kappa shape index (κ1) is 67.4. The molecule has 0 bridgehead atoms. The van der Waals surface area contributed by atoms with Gasteiger partial charge < -0.3 is 0 Å². The van der Waals surface area contributed by atoms with E-state index in [9.17, 15) is 70.0 Å². The number of imide groups is 4. The van der Waals surface area contributed by atoms with Gasteiger partial charge in [0.2, 0.25) is 0 Å². The third kappa shape index (κ3) is 9.63. The number of benzene rings is 10. The average molecular weight is 1330 g/mol. The minimum atomic E-state index is -4.88. The number of rotatable bonds is 16. The second kappa shape index (κ2) is 24.5. The molecule has 0 aliphatic carbocycles. The lowest BCUT2D eigenvalue weighted by atomic mass is 9.80. The minimum absolute atomic E-state index is 0. The van der Waals surface area contributed by atoms with Crippen molar-refractivity contribution in [2.24, 2.45) is 0 Å². The molecule has 498 valence electrons. The standard InChI is InChI=1S/C38H29F3N4O4.C38H32F3N3O4.CH4/c1-5-7-9-18(3)44-34(46)22-13-11-20-28-19(17-42)15-24-29-23(35(47)45(37(24)49)27(10-8-6-2)38(39,40)41)14-12-21(32(28)29)31-26(43-4)16-25(36(44)48)30(22)33(20)31;1-6-8-10-19(4)43-34(45)22-14-12-20-28-18(3)16-24-29-23(35(46)44(37(24)48)27(11-9-7-2)38(39,40)41)15-13-21(32(28)29)31-26(42-5)17-25(36(43)47)30(22)33(20)31;/h11-16,18,27H,5-10H2,1-3H3;12-17,19,27H,6-11H2,1-4H3;1H4/t18-,27+;19-,27+;/m10./s1. The SMILES string of the molecule is C.[C-]#[N+]c1cc2c3c(ccc4c5c(C#N)cc6c7c(ccc(c1c34)c75)C(=O)N([C@@H](CCCC)C(F)(F)F)C6=O)C(=O)N([C@H](C)CCCC)C2=O.[C-]#[N+]c1cc2c3c(ccc4c5c(C)cc6c7c(ccc(c1c34)c75)C(=O)N([C@H](CCCC)C(F)(F)F)C6=O)C(=O)N([C@@H](C)CCCC)C2=O. The maximum atomic E-state index is 14.4. The molecule has 8 amide bonds. The molecule has 0 radical (unpaired) electrons. The second-order valence-electron chi connectivity index (χ2n) is 25.9. The smallest absolute Gasteiger partial charge is 0.272 e. The number of nitrogens with zero attached hydrogens (tertiary/aromatic N) is 7. The second-order valence-corrected chi connectivity index (χ2v) is 25.9. The molecule has 0 aromatic heterocycles. The van der Waals surface area contributed by atoms with Gasteiger partial charge >= 0.3 is 12.4 Å².